The summed E-state index contributed by atoms with van der Waals surface area (Å²) in [6.07, 6.45) is 4.59. The lowest BCUT2D eigenvalue weighted by Crippen LogP contribution is -2.39. The number of aryl methyl sites for hydroxylation is 1. The van der Waals surface area contributed by atoms with Gasteiger partial charge in [-0.25, -0.2) is 9.97 Å². The minimum absolute atomic E-state index is 0.316. The molecule has 2 rings (SSSR count). The summed E-state index contributed by atoms with van der Waals surface area (Å²) >= 11 is 0. The number of hydrogen-bond acceptors (Lipinski definition) is 5. The number of anilines is 2. The molecule has 106 valence electrons. The number of hydrogen-bond donors (Lipinski definition) is 1. The Morgan fingerprint density at radius 1 is 1.47 bits per heavy atom. The van der Waals surface area contributed by atoms with Gasteiger partial charge in [0, 0.05) is 39.7 Å². The molecule has 1 saturated heterocycles. The van der Waals surface area contributed by atoms with Gasteiger partial charge in [-0.1, -0.05) is 6.92 Å². The van der Waals surface area contributed by atoms with Gasteiger partial charge in [-0.05, 0) is 19.3 Å². The third kappa shape index (κ3) is 3.56. The highest BCUT2D eigenvalue weighted by Gasteiger charge is 2.21. The van der Waals surface area contributed by atoms with Gasteiger partial charge in [-0.15, -0.1) is 0 Å². The number of methoxy groups -OCH3 is 1. The van der Waals surface area contributed by atoms with Crippen LogP contribution in [-0.4, -0.2) is 43.3 Å². The molecule has 5 nitrogen and oxygen atoms in total. The fourth-order valence-corrected chi connectivity index (χ4v) is 2.45. The highest BCUT2D eigenvalue weighted by molar-refractivity contribution is 5.49. The molecule has 0 saturated carbocycles. The van der Waals surface area contributed by atoms with Crippen molar-refractivity contribution in [1.29, 1.82) is 0 Å². The summed E-state index contributed by atoms with van der Waals surface area (Å²) in [5, 5.41) is 3.12. The molecule has 1 aliphatic rings. The van der Waals surface area contributed by atoms with Crippen LogP contribution < -0.4 is 10.2 Å². The van der Waals surface area contributed by atoms with Crippen LogP contribution >= 0.6 is 0 Å². The van der Waals surface area contributed by atoms with E-state index in [1.165, 1.54) is 0 Å². The zero-order valence-corrected chi connectivity index (χ0v) is 12.1. The van der Waals surface area contributed by atoms with Crippen LogP contribution in [0.5, 0.6) is 0 Å². The lowest BCUT2D eigenvalue weighted by Gasteiger charge is -2.33. The van der Waals surface area contributed by atoms with Crippen molar-refractivity contribution in [3.8, 4) is 0 Å². The lowest BCUT2D eigenvalue weighted by molar-refractivity contribution is 0.0891. The Morgan fingerprint density at radius 3 is 3.00 bits per heavy atom. The molecule has 1 N–H and O–H groups in total. The number of nitrogens with zero attached hydrogens (tertiary/aromatic N) is 3. The van der Waals surface area contributed by atoms with Crippen LogP contribution in [-0.2, 0) is 11.2 Å². The van der Waals surface area contributed by atoms with Crippen LogP contribution in [0.4, 0.5) is 11.6 Å². The van der Waals surface area contributed by atoms with Gasteiger partial charge in [0.2, 0.25) is 0 Å². The summed E-state index contributed by atoms with van der Waals surface area (Å²) in [4.78, 5) is 11.5. The Morgan fingerprint density at radius 2 is 2.32 bits per heavy atom. The Balaban J connectivity index is 2.19. The second-order valence-corrected chi connectivity index (χ2v) is 4.97. The van der Waals surface area contributed by atoms with E-state index in [2.05, 4.69) is 27.1 Å². The molecule has 1 aromatic heterocycles. The second kappa shape index (κ2) is 6.70. The average Bonchev–Trinajstić information content (AvgIpc) is 2.47. The van der Waals surface area contributed by atoms with Gasteiger partial charge in [0.1, 0.15) is 17.5 Å². The summed E-state index contributed by atoms with van der Waals surface area (Å²) in [6, 6.07) is 2.02. The van der Waals surface area contributed by atoms with Crippen molar-refractivity contribution in [2.24, 2.45) is 0 Å². The molecule has 1 atom stereocenters. The zero-order chi connectivity index (χ0) is 13.7. The van der Waals surface area contributed by atoms with E-state index in [1.54, 1.807) is 7.11 Å². The minimum Gasteiger partial charge on any atom is -0.380 e. The van der Waals surface area contributed by atoms with E-state index in [-0.39, 0.29) is 0 Å². The van der Waals surface area contributed by atoms with Crippen LogP contribution in [0.15, 0.2) is 6.07 Å². The van der Waals surface area contributed by atoms with Crippen molar-refractivity contribution in [2.75, 3.05) is 37.5 Å². The summed E-state index contributed by atoms with van der Waals surface area (Å²) in [5.74, 6) is 2.83. The summed E-state index contributed by atoms with van der Waals surface area (Å²) in [5.41, 5.74) is 0. The van der Waals surface area contributed by atoms with Gasteiger partial charge in [0.05, 0.1) is 6.10 Å². The van der Waals surface area contributed by atoms with Gasteiger partial charge in [-0.2, -0.15) is 0 Å². The molecule has 0 radical (unpaired) electrons. The zero-order valence-electron chi connectivity index (χ0n) is 12.1. The van der Waals surface area contributed by atoms with E-state index >= 15 is 0 Å². The summed E-state index contributed by atoms with van der Waals surface area (Å²) in [7, 11) is 3.69. The minimum atomic E-state index is 0.316. The third-order valence-electron chi connectivity index (χ3n) is 3.52. The fourth-order valence-electron chi connectivity index (χ4n) is 2.45. The predicted molar refractivity (Wildman–Crippen MR) is 77.8 cm³/mol. The Hall–Kier alpha value is -1.36. The third-order valence-corrected chi connectivity index (χ3v) is 3.52. The largest absolute Gasteiger partial charge is 0.380 e. The fraction of sp³-hybridized carbons (Fsp3) is 0.714. The Labute approximate surface area is 115 Å². The molecule has 0 aliphatic carbocycles. The second-order valence-electron chi connectivity index (χ2n) is 4.97. The van der Waals surface area contributed by atoms with E-state index in [0.717, 1.165) is 56.2 Å². The maximum atomic E-state index is 5.48. The van der Waals surface area contributed by atoms with Gasteiger partial charge < -0.3 is 15.0 Å². The molecule has 0 amide bonds. The number of ether oxygens (including phenoxy) is 1. The molecule has 0 spiro atoms. The molecule has 1 aliphatic heterocycles. The van der Waals surface area contributed by atoms with Crippen molar-refractivity contribution in [3.05, 3.63) is 11.9 Å². The van der Waals surface area contributed by atoms with Crippen molar-refractivity contribution >= 4 is 11.6 Å². The van der Waals surface area contributed by atoms with Crippen molar-refractivity contribution in [2.45, 2.75) is 38.7 Å². The quantitative estimate of drug-likeness (QED) is 0.882. The molecule has 1 aromatic rings. The Kier molecular flexibility index (Phi) is 4.96. The smallest absolute Gasteiger partial charge is 0.134 e. The molecule has 2 heterocycles. The van der Waals surface area contributed by atoms with Gasteiger partial charge in [-0.3, -0.25) is 0 Å². The highest BCUT2D eigenvalue weighted by atomic mass is 16.5. The Bertz CT molecular complexity index is 410. The van der Waals surface area contributed by atoms with E-state index in [9.17, 15) is 0 Å². The first-order valence-electron chi connectivity index (χ1n) is 7.10. The van der Waals surface area contributed by atoms with Crippen LogP contribution in [0, 0.1) is 0 Å². The first kappa shape index (κ1) is 14.1. The summed E-state index contributed by atoms with van der Waals surface area (Å²) in [6.45, 7) is 4.12. The van der Waals surface area contributed by atoms with E-state index in [0.29, 0.717) is 6.10 Å². The van der Waals surface area contributed by atoms with Crippen LogP contribution in [0.2, 0.25) is 0 Å². The molecule has 1 fully saturated rings. The molecular weight excluding hydrogens is 240 g/mol. The van der Waals surface area contributed by atoms with Gasteiger partial charge in [0.15, 0.2) is 0 Å². The number of rotatable bonds is 5. The molecule has 0 bridgehead atoms. The van der Waals surface area contributed by atoms with Crippen LogP contribution in [0.1, 0.15) is 32.0 Å². The SMILES string of the molecule is CCCc1nc(NC)cc(N2CCCC(OC)C2)n1. The topological polar surface area (TPSA) is 50.3 Å². The molecule has 0 aromatic carbocycles. The number of piperidine rings is 1. The average molecular weight is 264 g/mol. The first-order valence-corrected chi connectivity index (χ1v) is 7.10. The monoisotopic (exact) mass is 264 g/mol. The van der Waals surface area contributed by atoms with Crippen molar-refractivity contribution in [3.63, 3.8) is 0 Å². The van der Waals surface area contributed by atoms with E-state index < -0.39 is 0 Å². The molecular formula is C14H24N4O. The standard InChI is InChI=1S/C14H24N4O/c1-4-6-12-16-13(15-2)9-14(17-12)18-8-5-7-11(10-18)19-3/h9,11H,4-8,10H2,1-3H3,(H,15,16,17). The van der Waals surface area contributed by atoms with E-state index in [4.69, 9.17) is 4.74 Å². The predicted octanol–water partition coefficient (Wildman–Crippen LogP) is 2.09. The molecule has 5 heteroatoms. The van der Waals surface area contributed by atoms with Crippen molar-refractivity contribution in [1.82, 2.24) is 9.97 Å². The van der Waals surface area contributed by atoms with Gasteiger partial charge >= 0.3 is 0 Å². The van der Waals surface area contributed by atoms with Crippen LogP contribution in [0.3, 0.4) is 0 Å². The number of aromatic nitrogens is 2. The molecule has 19 heavy (non-hydrogen) atoms. The first-order chi connectivity index (χ1) is 9.26. The lowest BCUT2D eigenvalue weighted by atomic mass is 10.1. The highest BCUT2D eigenvalue weighted by Crippen LogP contribution is 2.21. The van der Waals surface area contributed by atoms with Gasteiger partial charge in [0.25, 0.3) is 0 Å². The summed E-state index contributed by atoms with van der Waals surface area (Å²) < 4.78 is 5.48. The maximum absolute atomic E-state index is 5.48. The van der Waals surface area contributed by atoms with Crippen LogP contribution in [0.25, 0.3) is 0 Å². The molecule has 1 unspecified atom stereocenters. The maximum Gasteiger partial charge on any atom is 0.134 e. The van der Waals surface area contributed by atoms with E-state index in [1.807, 2.05) is 13.1 Å². The number of nitrogens with one attached hydrogen (secondary N) is 1. The van der Waals surface area contributed by atoms with Crippen molar-refractivity contribution < 1.29 is 4.74 Å². The normalized spacial score (nSPS) is 19.5.